The van der Waals surface area contributed by atoms with Crippen LogP contribution in [0, 0.1) is 11.7 Å². The second kappa shape index (κ2) is 5.13. The Labute approximate surface area is 99.5 Å². The fourth-order valence-corrected chi connectivity index (χ4v) is 2.37. The first-order valence-electron chi connectivity index (χ1n) is 5.47. The first-order valence-corrected chi connectivity index (χ1v) is 5.84. The van der Waals surface area contributed by atoms with Gasteiger partial charge < -0.3 is 10.5 Å². The maximum Gasteiger partial charge on any atom is 0.124 e. The third kappa shape index (κ3) is 2.54. The van der Waals surface area contributed by atoms with Crippen molar-refractivity contribution in [1.29, 1.82) is 0 Å². The minimum absolute atomic E-state index is 0.173. The van der Waals surface area contributed by atoms with Gasteiger partial charge in [0.05, 0.1) is 6.61 Å². The molecule has 1 saturated heterocycles. The second-order valence-electron chi connectivity index (χ2n) is 4.17. The van der Waals surface area contributed by atoms with E-state index in [-0.39, 0.29) is 17.8 Å². The third-order valence-electron chi connectivity index (χ3n) is 3.02. The fraction of sp³-hybridized carbons (Fsp3) is 0.500. The monoisotopic (exact) mass is 243 g/mol. The fourth-order valence-electron chi connectivity index (χ4n) is 2.07. The molecule has 0 spiro atoms. The topological polar surface area (TPSA) is 35.2 Å². The van der Waals surface area contributed by atoms with Crippen LogP contribution in [-0.4, -0.2) is 13.2 Å². The molecule has 2 nitrogen and oxygen atoms in total. The van der Waals surface area contributed by atoms with Crippen LogP contribution < -0.4 is 5.73 Å². The molecule has 0 bridgehead atoms. The van der Waals surface area contributed by atoms with E-state index in [0.29, 0.717) is 11.6 Å². The van der Waals surface area contributed by atoms with Gasteiger partial charge in [0.25, 0.3) is 0 Å². The van der Waals surface area contributed by atoms with Gasteiger partial charge in [-0.1, -0.05) is 17.7 Å². The van der Waals surface area contributed by atoms with Gasteiger partial charge in [-0.3, -0.25) is 0 Å². The molecule has 88 valence electrons. The van der Waals surface area contributed by atoms with E-state index in [0.717, 1.165) is 25.0 Å². The number of ether oxygens (including phenoxy) is 1. The van der Waals surface area contributed by atoms with E-state index >= 15 is 0 Å². The number of hydrogen-bond acceptors (Lipinski definition) is 2. The normalized spacial score (nSPS) is 23.1. The van der Waals surface area contributed by atoms with Crippen LogP contribution in [0.4, 0.5) is 4.39 Å². The molecule has 4 heteroatoms. The number of benzene rings is 1. The molecular formula is C12H15ClFNO. The quantitative estimate of drug-likeness (QED) is 0.867. The Kier molecular flexibility index (Phi) is 3.79. The summed E-state index contributed by atoms with van der Waals surface area (Å²) in [4.78, 5) is 0. The lowest BCUT2D eigenvalue weighted by Gasteiger charge is -2.28. The Morgan fingerprint density at radius 1 is 1.50 bits per heavy atom. The van der Waals surface area contributed by atoms with Crippen LogP contribution >= 0.6 is 11.6 Å². The van der Waals surface area contributed by atoms with Gasteiger partial charge in [-0.25, -0.2) is 4.39 Å². The molecule has 1 aliphatic heterocycles. The van der Waals surface area contributed by atoms with Gasteiger partial charge in [0.1, 0.15) is 5.82 Å². The summed E-state index contributed by atoms with van der Waals surface area (Å²) in [5, 5.41) is 0.401. The summed E-state index contributed by atoms with van der Waals surface area (Å²) in [6, 6.07) is 4.19. The Balaban J connectivity index is 2.15. The van der Waals surface area contributed by atoms with Crippen molar-refractivity contribution in [2.45, 2.75) is 18.9 Å². The molecule has 0 saturated carbocycles. The number of nitrogens with two attached hydrogens (primary N) is 1. The Morgan fingerprint density at radius 3 is 2.94 bits per heavy atom. The molecule has 2 N–H and O–H groups in total. The molecule has 1 aliphatic rings. The van der Waals surface area contributed by atoms with Crippen molar-refractivity contribution in [3.05, 3.63) is 34.6 Å². The molecule has 1 heterocycles. The Hall–Kier alpha value is -0.640. The van der Waals surface area contributed by atoms with E-state index in [1.807, 2.05) is 0 Å². The van der Waals surface area contributed by atoms with Gasteiger partial charge in [0.15, 0.2) is 0 Å². The van der Waals surface area contributed by atoms with Gasteiger partial charge in [-0.05, 0) is 30.5 Å². The molecule has 2 unspecified atom stereocenters. The summed E-state index contributed by atoms with van der Waals surface area (Å²) in [5.74, 6) is -0.0578. The standard InChI is InChI=1S/C12H15ClFNO/c13-11-6-9(14)3-4-10(11)12(15)8-2-1-5-16-7-8/h3-4,6,8,12H,1-2,5,7,15H2. The summed E-state index contributed by atoms with van der Waals surface area (Å²) in [6.07, 6.45) is 2.06. The highest BCUT2D eigenvalue weighted by molar-refractivity contribution is 6.31. The molecule has 0 amide bonds. The van der Waals surface area contributed by atoms with Crippen molar-refractivity contribution in [2.24, 2.45) is 11.7 Å². The highest BCUT2D eigenvalue weighted by atomic mass is 35.5. The summed E-state index contributed by atoms with van der Waals surface area (Å²) in [5.41, 5.74) is 6.94. The summed E-state index contributed by atoms with van der Waals surface area (Å²) in [6.45, 7) is 1.47. The van der Waals surface area contributed by atoms with E-state index in [2.05, 4.69) is 0 Å². The molecule has 0 radical (unpaired) electrons. The van der Waals surface area contributed by atoms with E-state index in [1.165, 1.54) is 12.1 Å². The number of rotatable bonds is 2. The summed E-state index contributed by atoms with van der Waals surface area (Å²) >= 11 is 5.98. The lowest BCUT2D eigenvalue weighted by atomic mass is 9.89. The van der Waals surface area contributed by atoms with Crippen LogP contribution in [0.2, 0.25) is 5.02 Å². The van der Waals surface area contributed by atoms with Gasteiger partial charge in [-0.15, -0.1) is 0 Å². The predicted octanol–water partition coefficient (Wildman–Crippen LogP) is 2.91. The zero-order valence-corrected chi connectivity index (χ0v) is 9.71. The zero-order valence-electron chi connectivity index (χ0n) is 8.96. The molecule has 2 atom stereocenters. The Morgan fingerprint density at radius 2 is 2.31 bits per heavy atom. The maximum absolute atomic E-state index is 12.9. The molecule has 2 rings (SSSR count). The first-order chi connectivity index (χ1) is 7.68. The number of hydrogen-bond donors (Lipinski definition) is 1. The number of halogens is 2. The van der Waals surface area contributed by atoms with Crippen molar-refractivity contribution < 1.29 is 9.13 Å². The Bertz CT molecular complexity index is 366. The molecule has 0 aliphatic carbocycles. The average Bonchev–Trinajstić information content (AvgIpc) is 2.29. The summed E-state index contributed by atoms with van der Waals surface area (Å²) < 4.78 is 18.3. The van der Waals surface area contributed by atoms with Crippen LogP contribution in [0.1, 0.15) is 24.4 Å². The SMILES string of the molecule is NC(c1ccc(F)cc1Cl)C1CCCOC1. The second-order valence-corrected chi connectivity index (χ2v) is 4.58. The summed E-state index contributed by atoms with van der Waals surface area (Å²) in [7, 11) is 0. The molecule has 16 heavy (non-hydrogen) atoms. The van der Waals surface area contributed by atoms with Crippen LogP contribution in [0.25, 0.3) is 0 Å². The van der Waals surface area contributed by atoms with Crippen molar-refractivity contribution in [2.75, 3.05) is 13.2 Å². The van der Waals surface area contributed by atoms with Gasteiger partial charge >= 0.3 is 0 Å². The molecule has 1 aromatic rings. The van der Waals surface area contributed by atoms with Gasteiger partial charge in [0, 0.05) is 23.6 Å². The lowest BCUT2D eigenvalue weighted by molar-refractivity contribution is 0.0448. The smallest absolute Gasteiger partial charge is 0.124 e. The minimum Gasteiger partial charge on any atom is -0.381 e. The largest absolute Gasteiger partial charge is 0.381 e. The molecule has 1 aromatic carbocycles. The predicted molar refractivity (Wildman–Crippen MR) is 61.9 cm³/mol. The highest BCUT2D eigenvalue weighted by Crippen LogP contribution is 2.31. The van der Waals surface area contributed by atoms with E-state index < -0.39 is 0 Å². The van der Waals surface area contributed by atoms with Crippen LogP contribution in [0.5, 0.6) is 0 Å². The third-order valence-corrected chi connectivity index (χ3v) is 3.35. The minimum atomic E-state index is -0.333. The van der Waals surface area contributed by atoms with Crippen molar-refractivity contribution in [1.82, 2.24) is 0 Å². The van der Waals surface area contributed by atoms with Crippen LogP contribution in [-0.2, 0) is 4.74 Å². The lowest BCUT2D eigenvalue weighted by Crippen LogP contribution is -2.29. The van der Waals surface area contributed by atoms with Crippen molar-refractivity contribution in [3.63, 3.8) is 0 Å². The van der Waals surface area contributed by atoms with Crippen LogP contribution in [0.3, 0.4) is 0 Å². The first kappa shape index (κ1) is 11.8. The molecular weight excluding hydrogens is 229 g/mol. The van der Waals surface area contributed by atoms with Gasteiger partial charge in [0.2, 0.25) is 0 Å². The molecule has 1 fully saturated rings. The zero-order chi connectivity index (χ0) is 11.5. The molecule has 0 aromatic heterocycles. The van der Waals surface area contributed by atoms with Crippen molar-refractivity contribution >= 4 is 11.6 Å². The maximum atomic E-state index is 12.9. The van der Waals surface area contributed by atoms with E-state index in [4.69, 9.17) is 22.1 Å². The average molecular weight is 244 g/mol. The van der Waals surface area contributed by atoms with E-state index in [9.17, 15) is 4.39 Å². The van der Waals surface area contributed by atoms with E-state index in [1.54, 1.807) is 6.07 Å². The van der Waals surface area contributed by atoms with Crippen LogP contribution in [0.15, 0.2) is 18.2 Å². The highest BCUT2D eigenvalue weighted by Gasteiger charge is 2.24. The van der Waals surface area contributed by atoms with Gasteiger partial charge in [-0.2, -0.15) is 0 Å². The van der Waals surface area contributed by atoms with Crippen molar-refractivity contribution in [3.8, 4) is 0 Å².